The van der Waals surface area contributed by atoms with Gasteiger partial charge in [-0.15, -0.1) is 0 Å². The molecule has 0 aromatic rings. The van der Waals surface area contributed by atoms with E-state index in [9.17, 15) is 0 Å². The van der Waals surface area contributed by atoms with Crippen LogP contribution < -0.4 is 5.32 Å². The zero-order valence-corrected chi connectivity index (χ0v) is 9.38. The van der Waals surface area contributed by atoms with Crippen molar-refractivity contribution in [1.82, 2.24) is 5.32 Å². The fourth-order valence-corrected chi connectivity index (χ4v) is 2.13. The fourth-order valence-electron chi connectivity index (χ4n) is 2.13. The highest BCUT2D eigenvalue weighted by atomic mass is 16.5. The van der Waals surface area contributed by atoms with E-state index in [1.165, 1.54) is 19.3 Å². The topological polar surface area (TPSA) is 41.5 Å². The van der Waals surface area contributed by atoms with Crippen molar-refractivity contribution in [2.75, 3.05) is 26.9 Å². The van der Waals surface area contributed by atoms with Crippen molar-refractivity contribution in [2.45, 2.75) is 38.6 Å². The van der Waals surface area contributed by atoms with Gasteiger partial charge in [-0.25, -0.2) is 0 Å². The van der Waals surface area contributed by atoms with Crippen molar-refractivity contribution < 1.29 is 9.84 Å². The molecule has 0 amide bonds. The molecule has 1 atom stereocenters. The molecule has 2 N–H and O–H groups in total. The lowest BCUT2D eigenvalue weighted by atomic mass is 9.66. The molecule has 0 heterocycles. The number of hydrogen-bond donors (Lipinski definition) is 2. The van der Waals surface area contributed by atoms with Crippen molar-refractivity contribution in [3.05, 3.63) is 0 Å². The van der Waals surface area contributed by atoms with E-state index >= 15 is 0 Å². The summed E-state index contributed by atoms with van der Waals surface area (Å²) in [6, 6.07) is 0.413. The van der Waals surface area contributed by atoms with Crippen LogP contribution >= 0.6 is 0 Å². The zero-order valence-electron chi connectivity index (χ0n) is 9.38. The Kier molecular flexibility index (Phi) is 4.85. The molecule has 0 radical (unpaired) electrons. The standard InChI is InChI=1S/C11H23NO2/c1-10(8-14-2)12-9-11(6-7-13)4-3-5-11/h10,12-13H,3-9H2,1-2H3. The lowest BCUT2D eigenvalue weighted by Gasteiger charge is -2.42. The number of methoxy groups -OCH3 is 1. The minimum atomic E-state index is 0.320. The van der Waals surface area contributed by atoms with E-state index in [-0.39, 0.29) is 0 Å². The van der Waals surface area contributed by atoms with Crippen molar-refractivity contribution in [3.63, 3.8) is 0 Å². The lowest BCUT2D eigenvalue weighted by Crippen LogP contribution is -2.44. The van der Waals surface area contributed by atoms with Gasteiger partial charge < -0.3 is 15.2 Å². The lowest BCUT2D eigenvalue weighted by molar-refractivity contribution is 0.0767. The van der Waals surface area contributed by atoms with E-state index in [2.05, 4.69) is 12.2 Å². The van der Waals surface area contributed by atoms with Crippen LogP contribution in [0.5, 0.6) is 0 Å². The summed E-state index contributed by atoms with van der Waals surface area (Å²) in [4.78, 5) is 0. The number of hydrogen-bond acceptors (Lipinski definition) is 3. The summed E-state index contributed by atoms with van der Waals surface area (Å²) < 4.78 is 5.07. The number of aliphatic hydroxyl groups is 1. The first-order valence-electron chi connectivity index (χ1n) is 5.56. The Morgan fingerprint density at radius 1 is 1.50 bits per heavy atom. The molecule has 14 heavy (non-hydrogen) atoms. The molecular formula is C11H23NO2. The monoisotopic (exact) mass is 201 g/mol. The largest absolute Gasteiger partial charge is 0.396 e. The van der Waals surface area contributed by atoms with Gasteiger partial charge in [0.25, 0.3) is 0 Å². The van der Waals surface area contributed by atoms with Crippen LogP contribution in [0.25, 0.3) is 0 Å². The molecule has 0 bridgehead atoms. The molecular weight excluding hydrogens is 178 g/mol. The van der Waals surface area contributed by atoms with Crippen molar-refractivity contribution in [1.29, 1.82) is 0 Å². The van der Waals surface area contributed by atoms with Crippen LogP contribution in [-0.4, -0.2) is 38.0 Å². The fraction of sp³-hybridized carbons (Fsp3) is 1.00. The van der Waals surface area contributed by atoms with E-state index in [0.29, 0.717) is 18.1 Å². The van der Waals surface area contributed by atoms with Crippen molar-refractivity contribution in [3.8, 4) is 0 Å². The Labute approximate surface area is 86.8 Å². The quantitative estimate of drug-likeness (QED) is 0.649. The van der Waals surface area contributed by atoms with Gasteiger partial charge in [0.05, 0.1) is 6.61 Å². The molecule has 0 saturated heterocycles. The Hall–Kier alpha value is -0.120. The van der Waals surface area contributed by atoms with Gasteiger partial charge in [-0.1, -0.05) is 6.42 Å². The molecule has 1 aliphatic rings. The second kappa shape index (κ2) is 5.69. The highest BCUT2D eigenvalue weighted by Crippen LogP contribution is 2.43. The van der Waals surface area contributed by atoms with Crippen LogP contribution in [0.1, 0.15) is 32.6 Å². The molecule has 0 aliphatic heterocycles. The van der Waals surface area contributed by atoms with Gasteiger partial charge in [0.2, 0.25) is 0 Å². The van der Waals surface area contributed by atoms with Gasteiger partial charge in [-0.3, -0.25) is 0 Å². The normalized spacial score (nSPS) is 21.6. The first kappa shape index (κ1) is 12.0. The van der Waals surface area contributed by atoms with Crippen molar-refractivity contribution in [2.24, 2.45) is 5.41 Å². The molecule has 0 aromatic heterocycles. The van der Waals surface area contributed by atoms with Gasteiger partial charge in [-0.2, -0.15) is 0 Å². The van der Waals surface area contributed by atoms with E-state index < -0.39 is 0 Å². The third-order valence-electron chi connectivity index (χ3n) is 3.30. The van der Waals surface area contributed by atoms with Gasteiger partial charge in [0.15, 0.2) is 0 Å². The van der Waals surface area contributed by atoms with Gasteiger partial charge >= 0.3 is 0 Å². The first-order chi connectivity index (χ1) is 6.72. The smallest absolute Gasteiger partial charge is 0.0613 e. The second-order valence-corrected chi connectivity index (χ2v) is 4.56. The Morgan fingerprint density at radius 2 is 2.21 bits per heavy atom. The summed E-state index contributed by atoms with van der Waals surface area (Å²) in [5, 5.41) is 12.5. The SMILES string of the molecule is COCC(C)NCC1(CCO)CCC1. The summed E-state index contributed by atoms with van der Waals surface area (Å²) in [6.45, 7) is 4.24. The number of nitrogens with one attached hydrogen (secondary N) is 1. The number of aliphatic hydroxyl groups excluding tert-OH is 1. The van der Waals surface area contributed by atoms with Crippen LogP contribution in [0.15, 0.2) is 0 Å². The summed E-state index contributed by atoms with van der Waals surface area (Å²) in [6.07, 6.45) is 4.79. The minimum Gasteiger partial charge on any atom is -0.396 e. The molecule has 1 saturated carbocycles. The van der Waals surface area contributed by atoms with E-state index in [1.54, 1.807) is 7.11 Å². The Bertz CT molecular complexity index is 157. The van der Waals surface area contributed by atoms with Crippen LogP contribution in [0, 0.1) is 5.41 Å². The first-order valence-corrected chi connectivity index (χ1v) is 5.56. The molecule has 3 nitrogen and oxygen atoms in total. The molecule has 3 heteroatoms. The highest BCUT2D eigenvalue weighted by molar-refractivity contribution is 4.89. The van der Waals surface area contributed by atoms with Gasteiger partial charge in [-0.05, 0) is 31.6 Å². The average Bonchev–Trinajstić information content (AvgIpc) is 2.10. The molecule has 1 fully saturated rings. The van der Waals surface area contributed by atoms with Crippen LogP contribution in [-0.2, 0) is 4.74 Å². The Balaban J connectivity index is 2.20. The zero-order chi connectivity index (χ0) is 10.4. The van der Waals surface area contributed by atoms with Gasteiger partial charge in [0.1, 0.15) is 0 Å². The maximum atomic E-state index is 8.98. The Morgan fingerprint density at radius 3 is 2.64 bits per heavy atom. The van der Waals surface area contributed by atoms with Crippen LogP contribution in [0.3, 0.4) is 0 Å². The minimum absolute atomic E-state index is 0.320. The van der Waals surface area contributed by atoms with Crippen LogP contribution in [0.4, 0.5) is 0 Å². The van der Waals surface area contributed by atoms with Gasteiger partial charge in [0, 0.05) is 26.3 Å². The third-order valence-corrected chi connectivity index (χ3v) is 3.30. The molecule has 1 unspecified atom stereocenters. The van der Waals surface area contributed by atoms with E-state index in [1.807, 2.05) is 0 Å². The maximum absolute atomic E-state index is 8.98. The average molecular weight is 201 g/mol. The van der Waals surface area contributed by atoms with E-state index in [4.69, 9.17) is 9.84 Å². The number of rotatable bonds is 7. The predicted octanol–water partition coefficient (Wildman–Crippen LogP) is 1.16. The summed E-state index contributed by atoms with van der Waals surface area (Å²) >= 11 is 0. The third kappa shape index (κ3) is 3.23. The summed E-state index contributed by atoms with van der Waals surface area (Å²) in [5.74, 6) is 0. The van der Waals surface area contributed by atoms with E-state index in [0.717, 1.165) is 19.6 Å². The molecule has 0 aromatic carbocycles. The molecule has 1 aliphatic carbocycles. The summed E-state index contributed by atoms with van der Waals surface area (Å²) in [5.41, 5.74) is 0.386. The van der Waals surface area contributed by atoms with Crippen LogP contribution in [0.2, 0.25) is 0 Å². The summed E-state index contributed by atoms with van der Waals surface area (Å²) in [7, 11) is 1.73. The number of ether oxygens (including phenoxy) is 1. The molecule has 84 valence electrons. The highest BCUT2D eigenvalue weighted by Gasteiger charge is 2.35. The second-order valence-electron chi connectivity index (χ2n) is 4.56. The maximum Gasteiger partial charge on any atom is 0.0613 e. The molecule has 1 rings (SSSR count). The van der Waals surface area contributed by atoms with Crippen molar-refractivity contribution >= 4 is 0 Å². The predicted molar refractivity (Wildman–Crippen MR) is 57.3 cm³/mol. The molecule has 0 spiro atoms.